The van der Waals surface area contributed by atoms with E-state index in [4.69, 9.17) is 4.99 Å². The van der Waals surface area contributed by atoms with E-state index in [2.05, 4.69) is 36.6 Å². The molecule has 1 aromatic heterocycles. The van der Waals surface area contributed by atoms with Crippen molar-refractivity contribution in [1.29, 1.82) is 0 Å². The first-order valence-corrected chi connectivity index (χ1v) is 8.59. The quantitative estimate of drug-likeness (QED) is 0.738. The van der Waals surface area contributed by atoms with Gasteiger partial charge in [0.05, 0.1) is 0 Å². The first kappa shape index (κ1) is 16.5. The highest BCUT2D eigenvalue weighted by molar-refractivity contribution is 6.18. The molecule has 0 saturated carbocycles. The Hall–Kier alpha value is -2.96. The van der Waals surface area contributed by atoms with E-state index in [-0.39, 0.29) is 11.9 Å². The molecule has 1 unspecified atom stereocenters. The first-order valence-electron chi connectivity index (χ1n) is 8.59. The Morgan fingerprint density at radius 2 is 1.73 bits per heavy atom. The van der Waals surface area contributed by atoms with Gasteiger partial charge in [-0.15, -0.1) is 0 Å². The van der Waals surface area contributed by atoms with E-state index >= 15 is 0 Å². The van der Waals surface area contributed by atoms with Crippen molar-refractivity contribution in [3.63, 3.8) is 0 Å². The van der Waals surface area contributed by atoms with Gasteiger partial charge in [0.15, 0.2) is 0 Å². The van der Waals surface area contributed by atoms with E-state index in [9.17, 15) is 9.59 Å². The number of aromatic nitrogens is 2. The Kier molecular flexibility index (Phi) is 3.34. The number of aryl methyl sites for hydroxylation is 2. The van der Waals surface area contributed by atoms with Crippen LogP contribution in [0.5, 0.6) is 0 Å². The molecule has 0 radical (unpaired) electrons. The van der Waals surface area contributed by atoms with Gasteiger partial charge in [-0.25, -0.2) is 9.36 Å². The lowest BCUT2D eigenvalue weighted by Gasteiger charge is -2.30. The zero-order valence-corrected chi connectivity index (χ0v) is 15.9. The number of likely N-dealkylation sites (N-methyl/N-ethyl adjacent to an activating group) is 2. The summed E-state index contributed by atoms with van der Waals surface area (Å²) in [6.07, 6.45) is 0. The van der Waals surface area contributed by atoms with Crippen LogP contribution in [0.4, 0.5) is 10.7 Å². The summed E-state index contributed by atoms with van der Waals surface area (Å²) in [5, 5.41) is 0. The molecule has 2 aromatic rings. The molecule has 7 heteroatoms. The summed E-state index contributed by atoms with van der Waals surface area (Å²) >= 11 is 0. The average molecular weight is 352 g/mol. The van der Waals surface area contributed by atoms with Crippen LogP contribution in [0.2, 0.25) is 0 Å². The molecule has 0 bridgehead atoms. The third kappa shape index (κ3) is 1.94. The van der Waals surface area contributed by atoms with Crippen molar-refractivity contribution < 1.29 is 14.2 Å². The molecule has 1 aromatic carbocycles. The number of benzene rings is 1. The van der Waals surface area contributed by atoms with Crippen molar-refractivity contribution in [2.24, 2.45) is 4.99 Å². The Bertz CT molecular complexity index is 1020. The van der Waals surface area contributed by atoms with Crippen LogP contribution >= 0.6 is 0 Å². The number of nitrogens with zero attached hydrogens (tertiary/aromatic N) is 5. The third-order valence-electron chi connectivity index (χ3n) is 5.44. The van der Waals surface area contributed by atoms with Crippen molar-refractivity contribution in [2.75, 3.05) is 14.1 Å². The first-order chi connectivity index (χ1) is 12.2. The summed E-state index contributed by atoms with van der Waals surface area (Å²) in [6, 6.07) is 5.33. The molecule has 2 aliphatic rings. The zero-order valence-electron chi connectivity index (χ0n) is 15.9. The Morgan fingerprint density at radius 3 is 2.42 bits per heavy atom. The third-order valence-corrected chi connectivity index (χ3v) is 5.44. The van der Waals surface area contributed by atoms with Crippen molar-refractivity contribution >= 4 is 23.7 Å². The molecular formula is C19H22N5O2+. The van der Waals surface area contributed by atoms with Crippen molar-refractivity contribution in [2.45, 2.75) is 33.7 Å². The van der Waals surface area contributed by atoms with Gasteiger partial charge in [0.2, 0.25) is 11.9 Å². The van der Waals surface area contributed by atoms with Crippen LogP contribution in [0.15, 0.2) is 23.2 Å². The standard InChI is InChI=1S/C19H22N5O2/c1-10-7-8-11(2)14(9-10)23-12(3)13(4)24-15-16(20-18(23)24)21(5)19(26)22(6)17(15)25/h7-9,15H,1-6H3/q+1. The molecule has 1 saturated heterocycles. The summed E-state index contributed by atoms with van der Waals surface area (Å²) < 4.78 is 4.02. The number of amidine groups is 1. The zero-order chi connectivity index (χ0) is 18.9. The molecule has 1 atom stereocenters. The van der Waals surface area contributed by atoms with Gasteiger partial charge in [-0.3, -0.25) is 14.6 Å². The molecular weight excluding hydrogens is 330 g/mol. The Morgan fingerprint density at radius 1 is 1.04 bits per heavy atom. The molecule has 0 N–H and O–H groups in total. The van der Waals surface area contributed by atoms with E-state index in [1.807, 2.05) is 18.4 Å². The summed E-state index contributed by atoms with van der Waals surface area (Å²) in [5.41, 5.74) is 5.32. The lowest BCUT2D eigenvalue weighted by atomic mass is 10.1. The van der Waals surface area contributed by atoms with E-state index < -0.39 is 6.04 Å². The predicted octanol–water partition coefficient (Wildman–Crippen LogP) is 2.11. The number of carbonyl (C=O) groups is 2. The molecule has 4 rings (SSSR count). The Labute approximate surface area is 152 Å². The highest BCUT2D eigenvalue weighted by atomic mass is 16.2. The second kappa shape index (κ2) is 5.27. The van der Waals surface area contributed by atoms with Crippen LogP contribution in [0.3, 0.4) is 0 Å². The van der Waals surface area contributed by atoms with Gasteiger partial charge in [0, 0.05) is 14.1 Å². The maximum absolute atomic E-state index is 12.8. The number of imide groups is 1. The minimum Gasteiger partial charge on any atom is -0.270 e. The molecule has 2 aliphatic heterocycles. The topological polar surface area (TPSA) is 61.8 Å². The number of rotatable bonds is 1. The van der Waals surface area contributed by atoms with Gasteiger partial charge in [0.1, 0.15) is 17.1 Å². The fraction of sp³-hybridized carbons (Fsp3) is 0.368. The van der Waals surface area contributed by atoms with Crippen molar-refractivity contribution in [3.05, 3.63) is 40.7 Å². The second-order valence-corrected chi connectivity index (χ2v) is 7.08. The SMILES string of the molecule is Cc1ccc(C)c(-n2c(C)c(C)[n+]3c2N=C2C3C(=O)N(C)C(=O)N2C)c1. The number of urea groups is 1. The van der Waals surface area contributed by atoms with Gasteiger partial charge in [-0.1, -0.05) is 17.1 Å². The predicted molar refractivity (Wildman–Crippen MR) is 97.0 cm³/mol. The minimum absolute atomic E-state index is 0.253. The summed E-state index contributed by atoms with van der Waals surface area (Å²) in [4.78, 5) is 32.5. The maximum Gasteiger partial charge on any atom is 0.407 e. The number of carbonyl (C=O) groups excluding carboxylic acids is 2. The summed E-state index contributed by atoms with van der Waals surface area (Å²) in [5.74, 6) is 0.907. The number of imidazole rings is 1. The van der Waals surface area contributed by atoms with Gasteiger partial charge in [0.25, 0.3) is 5.91 Å². The van der Waals surface area contributed by atoms with Gasteiger partial charge < -0.3 is 0 Å². The smallest absolute Gasteiger partial charge is 0.270 e. The highest BCUT2D eigenvalue weighted by Crippen LogP contribution is 2.33. The second-order valence-electron chi connectivity index (χ2n) is 7.08. The van der Waals surface area contributed by atoms with Crippen LogP contribution in [-0.4, -0.2) is 46.2 Å². The minimum atomic E-state index is -0.595. The fourth-order valence-corrected chi connectivity index (χ4v) is 3.76. The van der Waals surface area contributed by atoms with E-state index in [1.165, 1.54) is 11.9 Å². The number of fused-ring (bicyclic) bond motifs is 3. The van der Waals surface area contributed by atoms with Crippen LogP contribution < -0.4 is 4.57 Å². The molecule has 3 heterocycles. The number of hydrogen-bond acceptors (Lipinski definition) is 3. The lowest BCUT2D eigenvalue weighted by molar-refractivity contribution is -0.682. The van der Waals surface area contributed by atoms with E-state index in [1.54, 1.807) is 7.05 Å². The normalized spacial score (nSPS) is 19.0. The number of aliphatic imine (C=N–C) groups is 1. The van der Waals surface area contributed by atoms with Crippen LogP contribution in [0.25, 0.3) is 5.69 Å². The molecule has 134 valence electrons. The molecule has 1 fully saturated rings. The van der Waals surface area contributed by atoms with Crippen LogP contribution in [-0.2, 0) is 4.79 Å². The summed E-state index contributed by atoms with van der Waals surface area (Å²) in [7, 11) is 3.17. The fourth-order valence-electron chi connectivity index (χ4n) is 3.76. The molecule has 3 amide bonds. The number of amides is 3. The van der Waals surface area contributed by atoms with Gasteiger partial charge in [-0.2, -0.15) is 4.57 Å². The van der Waals surface area contributed by atoms with Gasteiger partial charge >= 0.3 is 12.0 Å². The van der Waals surface area contributed by atoms with E-state index in [0.29, 0.717) is 11.8 Å². The largest absolute Gasteiger partial charge is 0.407 e. The van der Waals surface area contributed by atoms with Crippen LogP contribution in [0.1, 0.15) is 28.6 Å². The number of hydrogen-bond donors (Lipinski definition) is 0. The van der Waals surface area contributed by atoms with Crippen LogP contribution in [0, 0.1) is 27.7 Å². The summed E-state index contributed by atoms with van der Waals surface area (Å²) in [6.45, 7) is 8.13. The van der Waals surface area contributed by atoms with Gasteiger partial charge in [-0.05, 0) is 44.9 Å². The molecule has 7 nitrogen and oxygen atoms in total. The van der Waals surface area contributed by atoms with Crippen molar-refractivity contribution in [1.82, 2.24) is 14.4 Å². The molecule has 26 heavy (non-hydrogen) atoms. The molecule has 0 spiro atoms. The monoisotopic (exact) mass is 352 g/mol. The highest BCUT2D eigenvalue weighted by Gasteiger charge is 2.53. The average Bonchev–Trinajstić information content (AvgIpc) is 3.10. The molecule has 0 aliphatic carbocycles. The lowest BCUT2D eigenvalue weighted by Crippen LogP contribution is -2.62. The Balaban J connectivity index is 2.01. The van der Waals surface area contributed by atoms with Crippen molar-refractivity contribution in [3.8, 4) is 5.69 Å². The maximum atomic E-state index is 12.8. The van der Waals surface area contributed by atoms with E-state index in [0.717, 1.165) is 33.1 Å².